The highest BCUT2D eigenvalue weighted by molar-refractivity contribution is 5.98. The monoisotopic (exact) mass is 179 g/mol. The second-order valence-electron chi connectivity index (χ2n) is 4.41. The maximum Gasteiger partial charge on any atom is 0.0322 e. The van der Waals surface area contributed by atoms with Gasteiger partial charge >= 0.3 is 0 Å². The molecule has 13 heavy (non-hydrogen) atoms. The molecule has 0 rings (SSSR count). The first-order valence-electron chi connectivity index (χ1n) is 4.60. The Morgan fingerprint density at radius 1 is 1.08 bits per heavy atom. The van der Waals surface area contributed by atoms with Crippen LogP contribution < -0.4 is 0 Å². The number of allylic oxidation sites excluding steroid dienone is 3. The predicted molar refractivity (Wildman–Crippen MR) is 60.4 cm³/mol. The topological polar surface area (TPSA) is 23.9 Å². The van der Waals surface area contributed by atoms with E-state index in [2.05, 4.69) is 34.3 Å². The smallest absolute Gasteiger partial charge is 0.0322 e. The first kappa shape index (κ1) is 12.2. The molecule has 0 atom stereocenters. The molecule has 0 aliphatic carbocycles. The average molecular weight is 179 g/mol. The van der Waals surface area contributed by atoms with E-state index in [1.54, 1.807) is 0 Å². The van der Waals surface area contributed by atoms with Crippen LogP contribution in [0.25, 0.3) is 0 Å². The van der Waals surface area contributed by atoms with Gasteiger partial charge in [0.05, 0.1) is 0 Å². The molecular weight excluding hydrogens is 158 g/mol. The molecule has 0 heterocycles. The molecule has 0 bridgehead atoms. The summed E-state index contributed by atoms with van der Waals surface area (Å²) in [5.74, 6) is 0. The Bertz CT molecular complexity index is 263. The van der Waals surface area contributed by atoms with E-state index < -0.39 is 0 Å². The zero-order chi connectivity index (χ0) is 10.8. The quantitative estimate of drug-likeness (QED) is 0.501. The molecule has 0 aliphatic heterocycles. The molecule has 1 nitrogen and oxygen atoms in total. The van der Waals surface area contributed by atoms with E-state index in [4.69, 9.17) is 5.41 Å². The van der Waals surface area contributed by atoms with Gasteiger partial charge in [-0.25, -0.2) is 0 Å². The minimum atomic E-state index is -0.0787. The summed E-state index contributed by atoms with van der Waals surface area (Å²) in [6.45, 7) is 16.2. The van der Waals surface area contributed by atoms with E-state index in [1.165, 1.54) is 5.57 Å². The van der Waals surface area contributed by atoms with Crippen LogP contribution in [0.15, 0.2) is 23.3 Å². The van der Waals surface area contributed by atoms with E-state index in [0.717, 1.165) is 11.1 Å². The number of nitrogens with one attached hydrogen (secondary N) is 1. The van der Waals surface area contributed by atoms with Crippen molar-refractivity contribution in [3.8, 4) is 0 Å². The molecule has 0 fully saturated rings. The van der Waals surface area contributed by atoms with Gasteiger partial charge in [-0.2, -0.15) is 0 Å². The van der Waals surface area contributed by atoms with Gasteiger partial charge in [-0.05, 0) is 33.3 Å². The van der Waals surface area contributed by atoms with E-state index in [9.17, 15) is 0 Å². The molecule has 74 valence electrons. The van der Waals surface area contributed by atoms with Gasteiger partial charge in [-0.1, -0.05) is 31.6 Å². The van der Waals surface area contributed by atoms with E-state index in [0.29, 0.717) is 5.71 Å². The summed E-state index contributed by atoms with van der Waals surface area (Å²) in [7, 11) is 0. The fourth-order valence-electron chi connectivity index (χ4n) is 1.68. The lowest BCUT2D eigenvalue weighted by Gasteiger charge is -2.29. The third-order valence-corrected chi connectivity index (χ3v) is 2.57. The summed E-state index contributed by atoms with van der Waals surface area (Å²) in [6, 6.07) is 0. The van der Waals surface area contributed by atoms with Crippen LogP contribution in [0.1, 0.15) is 41.5 Å². The molecule has 1 N–H and O–H groups in total. The summed E-state index contributed by atoms with van der Waals surface area (Å²) in [5.41, 5.74) is 3.99. The van der Waals surface area contributed by atoms with Crippen LogP contribution in [0, 0.1) is 10.8 Å². The lowest BCUT2D eigenvalue weighted by Crippen LogP contribution is -2.21. The van der Waals surface area contributed by atoms with Gasteiger partial charge in [-0.15, -0.1) is 0 Å². The molecule has 0 radical (unpaired) electrons. The maximum absolute atomic E-state index is 7.73. The molecule has 0 unspecified atom stereocenters. The summed E-state index contributed by atoms with van der Waals surface area (Å²) >= 11 is 0. The van der Waals surface area contributed by atoms with Crippen LogP contribution in [0.4, 0.5) is 0 Å². The van der Waals surface area contributed by atoms with Crippen molar-refractivity contribution in [1.29, 1.82) is 5.41 Å². The van der Waals surface area contributed by atoms with Gasteiger partial charge in [0.15, 0.2) is 0 Å². The van der Waals surface area contributed by atoms with Gasteiger partial charge in [-0.3, -0.25) is 0 Å². The standard InChI is InChI=1S/C12H21N/c1-8(2)11(10(5)13)12(6,7)9(3)4/h13H,3H2,1-2,4-7H3. The lowest BCUT2D eigenvalue weighted by atomic mass is 9.75. The molecule has 0 amide bonds. The Balaban J connectivity index is 5.35. The van der Waals surface area contributed by atoms with Crippen LogP contribution in [-0.2, 0) is 0 Å². The van der Waals surface area contributed by atoms with Crippen LogP contribution in [0.5, 0.6) is 0 Å². The molecule has 0 saturated heterocycles. The summed E-state index contributed by atoms with van der Waals surface area (Å²) < 4.78 is 0. The average Bonchev–Trinajstić information content (AvgIpc) is 1.82. The van der Waals surface area contributed by atoms with Gasteiger partial charge < -0.3 is 5.41 Å². The molecule has 0 aromatic heterocycles. The van der Waals surface area contributed by atoms with E-state index in [1.807, 2.05) is 13.8 Å². The van der Waals surface area contributed by atoms with Crippen LogP contribution in [0.2, 0.25) is 0 Å². The highest BCUT2D eigenvalue weighted by Crippen LogP contribution is 2.35. The van der Waals surface area contributed by atoms with Crippen molar-refractivity contribution in [3.63, 3.8) is 0 Å². The van der Waals surface area contributed by atoms with Crippen molar-refractivity contribution in [2.75, 3.05) is 0 Å². The van der Waals surface area contributed by atoms with Crippen molar-refractivity contribution >= 4 is 5.71 Å². The van der Waals surface area contributed by atoms with Crippen molar-refractivity contribution < 1.29 is 0 Å². The molecule has 0 aromatic rings. The highest BCUT2D eigenvalue weighted by atomic mass is 14.4. The van der Waals surface area contributed by atoms with Crippen molar-refractivity contribution in [2.45, 2.75) is 41.5 Å². The third kappa shape index (κ3) is 2.55. The van der Waals surface area contributed by atoms with Crippen LogP contribution in [-0.4, -0.2) is 5.71 Å². The summed E-state index contributed by atoms with van der Waals surface area (Å²) in [5, 5.41) is 7.73. The van der Waals surface area contributed by atoms with Gasteiger partial charge in [0.1, 0.15) is 0 Å². The highest BCUT2D eigenvalue weighted by Gasteiger charge is 2.26. The fourth-order valence-corrected chi connectivity index (χ4v) is 1.68. The lowest BCUT2D eigenvalue weighted by molar-refractivity contribution is 0.555. The van der Waals surface area contributed by atoms with E-state index >= 15 is 0 Å². The Kier molecular flexibility index (Phi) is 3.65. The van der Waals surface area contributed by atoms with Gasteiger partial charge in [0.25, 0.3) is 0 Å². The Morgan fingerprint density at radius 2 is 1.46 bits per heavy atom. The minimum absolute atomic E-state index is 0.0787. The Labute approximate surface area is 82.1 Å². The molecule has 0 saturated carbocycles. The molecule has 0 aromatic carbocycles. The molecule has 0 spiro atoms. The second kappa shape index (κ2) is 3.91. The SMILES string of the molecule is C=C(C)C(C)(C)C(C(C)=N)=C(C)C. The first-order chi connectivity index (χ1) is 5.71. The van der Waals surface area contributed by atoms with E-state index in [-0.39, 0.29) is 5.41 Å². The zero-order valence-corrected chi connectivity index (χ0v) is 9.71. The van der Waals surface area contributed by atoms with Crippen LogP contribution >= 0.6 is 0 Å². The predicted octanol–water partition coefficient (Wildman–Crippen LogP) is 3.96. The largest absolute Gasteiger partial charge is 0.305 e. The summed E-state index contributed by atoms with van der Waals surface area (Å²) in [6.07, 6.45) is 0. The normalized spacial score (nSPS) is 10.9. The second-order valence-corrected chi connectivity index (χ2v) is 4.41. The van der Waals surface area contributed by atoms with Gasteiger partial charge in [0, 0.05) is 11.1 Å². The molecule has 1 heteroatoms. The maximum atomic E-state index is 7.73. The Morgan fingerprint density at radius 3 is 1.54 bits per heavy atom. The van der Waals surface area contributed by atoms with Crippen LogP contribution in [0.3, 0.4) is 0 Å². The number of rotatable bonds is 3. The van der Waals surface area contributed by atoms with Crippen molar-refractivity contribution in [3.05, 3.63) is 23.3 Å². The first-order valence-corrected chi connectivity index (χ1v) is 4.60. The fraction of sp³-hybridized carbons (Fsp3) is 0.583. The zero-order valence-electron chi connectivity index (χ0n) is 9.71. The molecule has 0 aliphatic rings. The number of hydrogen-bond acceptors (Lipinski definition) is 1. The van der Waals surface area contributed by atoms with Crippen molar-refractivity contribution in [2.24, 2.45) is 5.41 Å². The number of hydrogen-bond donors (Lipinski definition) is 1. The molecular formula is C12H21N. The van der Waals surface area contributed by atoms with Crippen molar-refractivity contribution in [1.82, 2.24) is 0 Å². The Hall–Kier alpha value is -0.850. The third-order valence-electron chi connectivity index (χ3n) is 2.57. The van der Waals surface area contributed by atoms with Gasteiger partial charge in [0.2, 0.25) is 0 Å². The minimum Gasteiger partial charge on any atom is -0.305 e. The summed E-state index contributed by atoms with van der Waals surface area (Å²) in [4.78, 5) is 0.